The molecule has 3 N–H and O–H groups in total. The van der Waals surface area contributed by atoms with Crippen LogP contribution in [-0.2, 0) is 12.6 Å². The van der Waals surface area contributed by atoms with E-state index in [1.807, 2.05) is 18.2 Å². The minimum atomic E-state index is -4.50. The molecule has 0 atom stereocenters. The van der Waals surface area contributed by atoms with Crippen LogP contribution in [-0.4, -0.2) is 35.6 Å². The van der Waals surface area contributed by atoms with Crippen LogP contribution in [0.1, 0.15) is 17.7 Å². The van der Waals surface area contributed by atoms with Crippen molar-refractivity contribution in [1.29, 1.82) is 0 Å². The van der Waals surface area contributed by atoms with E-state index >= 15 is 0 Å². The van der Waals surface area contributed by atoms with Crippen LogP contribution in [0.15, 0.2) is 41.7 Å². The third-order valence-corrected chi connectivity index (χ3v) is 3.64. The molecule has 28 heavy (non-hydrogen) atoms. The maximum Gasteiger partial charge on any atom is 0.417 e. The zero-order valence-corrected chi connectivity index (χ0v) is 17.8. The van der Waals surface area contributed by atoms with E-state index in [1.54, 1.807) is 6.20 Å². The summed E-state index contributed by atoms with van der Waals surface area (Å²) in [6, 6.07) is 6.47. The number of aliphatic imine (C=N–C) groups is 1. The summed E-state index contributed by atoms with van der Waals surface area (Å²) in [5.74, 6) is 0.256. The van der Waals surface area contributed by atoms with Gasteiger partial charge in [-0.1, -0.05) is 17.7 Å². The average Bonchev–Trinajstić information content (AvgIpc) is 2.62. The van der Waals surface area contributed by atoms with E-state index in [0.717, 1.165) is 18.2 Å². The van der Waals surface area contributed by atoms with Gasteiger partial charge in [0.2, 0.25) is 5.88 Å². The second kappa shape index (κ2) is 11.9. The van der Waals surface area contributed by atoms with Crippen LogP contribution in [0, 0.1) is 0 Å². The van der Waals surface area contributed by atoms with Gasteiger partial charge in [-0.25, -0.2) is 4.98 Å². The van der Waals surface area contributed by atoms with E-state index in [-0.39, 0.29) is 41.5 Å². The SMILES string of the molecule is I.NC(=NCCCOc1ncc(C(F)(F)F)cc1Cl)NCCc1ccccn1. The van der Waals surface area contributed by atoms with Gasteiger partial charge in [0.05, 0.1) is 12.2 Å². The average molecular weight is 530 g/mol. The van der Waals surface area contributed by atoms with Crippen molar-refractivity contribution in [1.82, 2.24) is 15.3 Å². The predicted molar refractivity (Wildman–Crippen MR) is 112 cm³/mol. The van der Waals surface area contributed by atoms with Crippen molar-refractivity contribution < 1.29 is 17.9 Å². The Morgan fingerprint density at radius 3 is 2.71 bits per heavy atom. The first kappa shape index (κ1) is 24.2. The summed E-state index contributed by atoms with van der Waals surface area (Å²) in [7, 11) is 0. The Hall–Kier alpha value is -1.82. The summed E-state index contributed by atoms with van der Waals surface area (Å²) in [4.78, 5) is 11.9. The number of alkyl halides is 3. The molecule has 0 aromatic carbocycles. The maximum absolute atomic E-state index is 12.5. The highest BCUT2D eigenvalue weighted by Gasteiger charge is 2.31. The summed E-state index contributed by atoms with van der Waals surface area (Å²) in [6.45, 7) is 1.19. The van der Waals surface area contributed by atoms with Gasteiger partial charge in [0.1, 0.15) is 5.02 Å². The Morgan fingerprint density at radius 2 is 2.07 bits per heavy atom. The lowest BCUT2D eigenvalue weighted by Crippen LogP contribution is -2.33. The number of nitrogens with zero attached hydrogens (tertiary/aromatic N) is 3. The minimum Gasteiger partial charge on any atom is -0.477 e. The summed E-state index contributed by atoms with van der Waals surface area (Å²) in [6.07, 6.45) is -0.863. The van der Waals surface area contributed by atoms with Crippen molar-refractivity contribution in [2.75, 3.05) is 19.7 Å². The summed E-state index contributed by atoms with van der Waals surface area (Å²) < 4.78 is 42.9. The fourth-order valence-electron chi connectivity index (χ4n) is 2.04. The monoisotopic (exact) mass is 529 g/mol. The molecule has 0 radical (unpaired) electrons. The molecule has 2 heterocycles. The van der Waals surface area contributed by atoms with Gasteiger partial charge in [0.15, 0.2) is 5.96 Å². The van der Waals surface area contributed by atoms with E-state index in [1.165, 1.54) is 0 Å². The summed E-state index contributed by atoms with van der Waals surface area (Å²) in [5, 5.41) is 2.79. The number of pyridine rings is 2. The molecular formula is C17H20ClF3IN5O. The Balaban J connectivity index is 0.00000392. The molecule has 0 fully saturated rings. The van der Waals surface area contributed by atoms with Gasteiger partial charge in [0, 0.05) is 44.0 Å². The molecule has 154 valence electrons. The molecule has 2 rings (SSSR count). The standard InChI is InChI=1S/C17H19ClF3N5O.HI/c18-14-10-12(17(19,20)21)11-26-15(14)27-9-3-7-24-16(22)25-8-5-13-4-1-2-6-23-13;/h1-2,4,6,10-11H,3,5,7-9H2,(H3,22,24,25);1H. The van der Waals surface area contributed by atoms with Crippen molar-refractivity contribution >= 4 is 41.5 Å². The lowest BCUT2D eigenvalue weighted by Gasteiger charge is -2.10. The topological polar surface area (TPSA) is 85.4 Å². The van der Waals surface area contributed by atoms with Gasteiger partial charge in [-0.3, -0.25) is 9.98 Å². The number of nitrogens with two attached hydrogens (primary N) is 1. The lowest BCUT2D eigenvalue weighted by atomic mass is 10.3. The number of nitrogens with one attached hydrogen (secondary N) is 1. The lowest BCUT2D eigenvalue weighted by molar-refractivity contribution is -0.137. The number of rotatable bonds is 8. The van der Waals surface area contributed by atoms with E-state index < -0.39 is 11.7 Å². The third-order valence-electron chi connectivity index (χ3n) is 3.37. The van der Waals surface area contributed by atoms with Crippen LogP contribution in [0.25, 0.3) is 0 Å². The van der Waals surface area contributed by atoms with Gasteiger partial charge in [-0.05, 0) is 18.2 Å². The van der Waals surface area contributed by atoms with Crippen molar-refractivity contribution in [2.24, 2.45) is 10.7 Å². The maximum atomic E-state index is 12.5. The van der Waals surface area contributed by atoms with E-state index in [2.05, 4.69) is 20.3 Å². The minimum absolute atomic E-state index is 0. The summed E-state index contributed by atoms with van der Waals surface area (Å²) in [5.41, 5.74) is 5.78. The first-order chi connectivity index (χ1) is 12.9. The van der Waals surface area contributed by atoms with Crippen molar-refractivity contribution in [3.8, 4) is 5.88 Å². The largest absolute Gasteiger partial charge is 0.477 e. The Morgan fingerprint density at radius 1 is 1.29 bits per heavy atom. The fraction of sp³-hybridized carbons (Fsp3) is 0.353. The quantitative estimate of drug-likeness (QED) is 0.236. The molecule has 0 saturated carbocycles. The first-order valence-electron chi connectivity index (χ1n) is 8.15. The number of hydrogen-bond acceptors (Lipinski definition) is 4. The number of halogens is 5. The molecular weight excluding hydrogens is 510 g/mol. The number of ether oxygens (including phenoxy) is 1. The molecule has 2 aromatic heterocycles. The molecule has 0 bridgehead atoms. The van der Waals surface area contributed by atoms with Gasteiger partial charge >= 0.3 is 6.18 Å². The molecule has 0 aliphatic carbocycles. The van der Waals surface area contributed by atoms with Gasteiger partial charge in [-0.15, -0.1) is 24.0 Å². The molecule has 0 aliphatic heterocycles. The molecule has 11 heteroatoms. The molecule has 0 aliphatic rings. The smallest absolute Gasteiger partial charge is 0.417 e. The third kappa shape index (κ3) is 8.46. The second-order valence-corrected chi connectivity index (χ2v) is 5.88. The van der Waals surface area contributed by atoms with E-state index in [9.17, 15) is 13.2 Å². The Bertz CT molecular complexity index is 762. The van der Waals surface area contributed by atoms with Crippen LogP contribution in [0.2, 0.25) is 5.02 Å². The van der Waals surface area contributed by atoms with Crippen molar-refractivity contribution in [3.63, 3.8) is 0 Å². The summed E-state index contributed by atoms with van der Waals surface area (Å²) >= 11 is 5.76. The number of hydrogen-bond donors (Lipinski definition) is 2. The van der Waals surface area contributed by atoms with Crippen LogP contribution >= 0.6 is 35.6 Å². The fourth-order valence-corrected chi connectivity index (χ4v) is 2.26. The van der Waals surface area contributed by atoms with Crippen LogP contribution < -0.4 is 15.8 Å². The van der Waals surface area contributed by atoms with Gasteiger partial charge < -0.3 is 15.8 Å². The molecule has 0 spiro atoms. The van der Waals surface area contributed by atoms with Gasteiger partial charge in [0.25, 0.3) is 0 Å². The predicted octanol–water partition coefficient (Wildman–Crippen LogP) is 3.68. The zero-order valence-electron chi connectivity index (χ0n) is 14.7. The zero-order chi connectivity index (χ0) is 19.7. The molecule has 0 saturated heterocycles. The highest BCUT2D eigenvalue weighted by atomic mass is 127. The second-order valence-electron chi connectivity index (χ2n) is 5.48. The molecule has 0 amide bonds. The van der Waals surface area contributed by atoms with Crippen LogP contribution in [0.4, 0.5) is 13.2 Å². The molecule has 0 unspecified atom stereocenters. The highest BCUT2D eigenvalue weighted by molar-refractivity contribution is 14.0. The van der Waals surface area contributed by atoms with Gasteiger partial charge in [-0.2, -0.15) is 13.2 Å². The van der Waals surface area contributed by atoms with Crippen molar-refractivity contribution in [3.05, 3.63) is 52.9 Å². The Labute approximate surface area is 182 Å². The van der Waals surface area contributed by atoms with E-state index in [4.69, 9.17) is 22.1 Å². The van der Waals surface area contributed by atoms with E-state index in [0.29, 0.717) is 31.7 Å². The van der Waals surface area contributed by atoms with Crippen LogP contribution in [0.3, 0.4) is 0 Å². The van der Waals surface area contributed by atoms with Crippen molar-refractivity contribution in [2.45, 2.75) is 19.0 Å². The van der Waals surface area contributed by atoms with Crippen LogP contribution in [0.5, 0.6) is 5.88 Å². The highest BCUT2D eigenvalue weighted by Crippen LogP contribution is 2.33. The normalized spacial score (nSPS) is 11.6. The number of aromatic nitrogens is 2. The Kier molecular flexibility index (Phi) is 10.3. The molecule has 2 aromatic rings. The molecule has 6 nitrogen and oxygen atoms in total. The first-order valence-corrected chi connectivity index (χ1v) is 8.53. The number of guanidine groups is 1.